The lowest BCUT2D eigenvalue weighted by molar-refractivity contribution is 0.102. The van der Waals surface area contributed by atoms with Crippen LogP contribution in [-0.4, -0.2) is 15.9 Å². The van der Waals surface area contributed by atoms with Crippen LogP contribution < -0.4 is 10.1 Å². The molecule has 0 saturated heterocycles. The lowest BCUT2D eigenvalue weighted by Crippen LogP contribution is -2.11. The molecule has 2 aromatic carbocycles. The van der Waals surface area contributed by atoms with E-state index in [4.69, 9.17) is 4.74 Å². The van der Waals surface area contributed by atoms with Gasteiger partial charge in [-0.2, -0.15) is 0 Å². The Bertz CT molecular complexity index is 808. The molecule has 0 bridgehead atoms. The largest absolute Gasteiger partial charge is 0.437 e. The smallest absolute Gasteiger partial charge is 0.255 e. The van der Waals surface area contributed by atoms with E-state index in [9.17, 15) is 4.79 Å². The van der Waals surface area contributed by atoms with Gasteiger partial charge >= 0.3 is 0 Å². The molecule has 23 heavy (non-hydrogen) atoms. The van der Waals surface area contributed by atoms with Gasteiger partial charge in [0.2, 0.25) is 5.88 Å². The Labute approximate surface area is 146 Å². The van der Waals surface area contributed by atoms with Crippen LogP contribution in [0.3, 0.4) is 0 Å². The average molecular weight is 417 g/mol. The number of aromatic nitrogens is 2. The third-order valence-corrected chi connectivity index (χ3v) is 3.68. The number of hydrogen-bond acceptors (Lipinski definition) is 4. The van der Waals surface area contributed by atoms with Crippen molar-refractivity contribution in [1.82, 2.24) is 9.97 Å². The summed E-state index contributed by atoms with van der Waals surface area (Å²) in [5.74, 6) is 0.803. The predicted octanol–water partition coefficient (Wildman–Crippen LogP) is 4.13. The number of amides is 1. The Morgan fingerprint density at radius 3 is 2.65 bits per heavy atom. The van der Waals surface area contributed by atoms with Crippen LogP contribution in [0.5, 0.6) is 11.6 Å². The summed E-state index contributed by atoms with van der Waals surface area (Å²) in [5, 5.41) is 2.85. The molecule has 0 aliphatic rings. The summed E-state index contributed by atoms with van der Waals surface area (Å²) >= 11 is 2.20. The number of rotatable bonds is 4. The molecule has 6 heteroatoms. The Hall–Kier alpha value is -2.48. The van der Waals surface area contributed by atoms with Crippen LogP contribution >= 0.6 is 22.6 Å². The molecule has 0 fully saturated rings. The van der Waals surface area contributed by atoms with E-state index in [0.717, 1.165) is 3.57 Å². The van der Waals surface area contributed by atoms with Gasteiger partial charge in [-0.15, -0.1) is 0 Å². The molecule has 1 amide bonds. The molecule has 114 valence electrons. The van der Waals surface area contributed by atoms with Crippen LogP contribution in [0.25, 0.3) is 0 Å². The number of carbonyl (C=O) groups is 1. The van der Waals surface area contributed by atoms with Crippen molar-refractivity contribution in [3.8, 4) is 11.6 Å². The highest BCUT2D eigenvalue weighted by atomic mass is 127. The lowest BCUT2D eigenvalue weighted by Gasteiger charge is -2.08. The van der Waals surface area contributed by atoms with Crippen molar-refractivity contribution >= 4 is 34.2 Å². The second kappa shape index (κ2) is 7.19. The molecule has 3 rings (SSSR count). The average Bonchev–Trinajstić information content (AvgIpc) is 2.57. The quantitative estimate of drug-likeness (QED) is 0.649. The number of halogens is 1. The molecule has 0 saturated carbocycles. The van der Waals surface area contributed by atoms with E-state index >= 15 is 0 Å². The van der Waals surface area contributed by atoms with Gasteiger partial charge in [-0.05, 0) is 59.0 Å². The summed E-state index contributed by atoms with van der Waals surface area (Å²) in [7, 11) is 0. The highest BCUT2D eigenvalue weighted by Gasteiger charge is 2.07. The molecule has 1 aromatic heterocycles. The fourth-order valence-corrected chi connectivity index (χ4v) is 2.26. The number of nitrogens with one attached hydrogen (secondary N) is 1. The molecule has 1 heterocycles. The topological polar surface area (TPSA) is 64.1 Å². The van der Waals surface area contributed by atoms with Crippen LogP contribution in [0, 0.1) is 3.57 Å². The first-order chi connectivity index (χ1) is 11.2. The Morgan fingerprint density at radius 2 is 1.91 bits per heavy atom. The summed E-state index contributed by atoms with van der Waals surface area (Å²) in [6.07, 6.45) is 4.65. The second-order valence-corrected chi connectivity index (χ2v) is 5.88. The van der Waals surface area contributed by atoms with Gasteiger partial charge in [-0.25, -0.2) is 4.98 Å². The van der Waals surface area contributed by atoms with Gasteiger partial charge in [0.25, 0.3) is 5.91 Å². The number of hydrogen-bond donors (Lipinski definition) is 1. The van der Waals surface area contributed by atoms with Crippen LogP contribution in [0.15, 0.2) is 67.1 Å². The minimum absolute atomic E-state index is 0.168. The monoisotopic (exact) mass is 417 g/mol. The first-order valence-electron chi connectivity index (χ1n) is 6.81. The Morgan fingerprint density at radius 1 is 1.09 bits per heavy atom. The molecular formula is C17H12IN3O2. The minimum atomic E-state index is -0.168. The van der Waals surface area contributed by atoms with Gasteiger partial charge in [0, 0.05) is 33.3 Å². The standard InChI is InChI=1S/C17H12IN3O2/c18-13-6-4-12(5-7-13)17(22)21-14-2-1-3-15(10-14)23-16-11-19-8-9-20-16/h1-11H,(H,21,22). The summed E-state index contributed by atoms with van der Waals surface area (Å²) in [6, 6.07) is 14.5. The van der Waals surface area contributed by atoms with Crippen molar-refractivity contribution in [3.05, 3.63) is 76.3 Å². The predicted molar refractivity (Wildman–Crippen MR) is 95.7 cm³/mol. The second-order valence-electron chi connectivity index (χ2n) is 4.63. The zero-order chi connectivity index (χ0) is 16.1. The number of carbonyl (C=O) groups excluding carboxylic acids is 1. The fourth-order valence-electron chi connectivity index (χ4n) is 1.90. The molecule has 5 nitrogen and oxygen atoms in total. The zero-order valence-corrected chi connectivity index (χ0v) is 14.1. The van der Waals surface area contributed by atoms with Crippen molar-refractivity contribution in [2.24, 2.45) is 0 Å². The summed E-state index contributed by atoms with van der Waals surface area (Å²) in [6.45, 7) is 0. The first-order valence-corrected chi connectivity index (χ1v) is 7.89. The zero-order valence-electron chi connectivity index (χ0n) is 11.9. The van der Waals surface area contributed by atoms with Gasteiger partial charge in [-0.1, -0.05) is 6.07 Å². The lowest BCUT2D eigenvalue weighted by atomic mass is 10.2. The van der Waals surface area contributed by atoms with E-state index in [2.05, 4.69) is 37.9 Å². The number of nitrogens with zero attached hydrogens (tertiary/aromatic N) is 2. The Balaban J connectivity index is 1.72. The van der Waals surface area contributed by atoms with Crippen molar-refractivity contribution < 1.29 is 9.53 Å². The van der Waals surface area contributed by atoms with Crippen molar-refractivity contribution in [2.45, 2.75) is 0 Å². The number of benzene rings is 2. The Kier molecular flexibility index (Phi) is 4.82. The van der Waals surface area contributed by atoms with Gasteiger partial charge < -0.3 is 10.1 Å². The van der Waals surface area contributed by atoms with Gasteiger partial charge in [0.1, 0.15) is 5.75 Å². The highest BCUT2D eigenvalue weighted by molar-refractivity contribution is 14.1. The third kappa shape index (κ3) is 4.26. The number of ether oxygens (including phenoxy) is 1. The van der Waals surface area contributed by atoms with E-state index in [1.54, 1.807) is 48.8 Å². The third-order valence-electron chi connectivity index (χ3n) is 2.96. The minimum Gasteiger partial charge on any atom is -0.437 e. The molecule has 0 aliphatic carbocycles. The maximum atomic E-state index is 12.2. The maximum absolute atomic E-state index is 12.2. The van der Waals surface area contributed by atoms with Crippen molar-refractivity contribution in [3.63, 3.8) is 0 Å². The van der Waals surface area contributed by atoms with Gasteiger partial charge in [-0.3, -0.25) is 9.78 Å². The summed E-state index contributed by atoms with van der Waals surface area (Å²) in [4.78, 5) is 20.2. The fraction of sp³-hybridized carbons (Fsp3) is 0. The van der Waals surface area contributed by atoms with Crippen molar-refractivity contribution in [1.29, 1.82) is 0 Å². The molecule has 3 aromatic rings. The van der Waals surface area contributed by atoms with E-state index in [0.29, 0.717) is 22.9 Å². The van der Waals surface area contributed by atoms with E-state index in [1.165, 1.54) is 6.20 Å². The molecule has 0 spiro atoms. The molecule has 0 radical (unpaired) electrons. The van der Waals surface area contributed by atoms with Crippen LogP contribution in [0.1, 0.15) is 10.4 Å². The van der Waals surface area contributed by atoms with Gasteiger partial charge in [0.05, 0.1) is 6.20 Å². The van der Waals surface area contributed by atoms with E-state index in [-0.39, 0.29) is 5.91 Å². The summed E-state index contributed by atoms with van der Waals surface area (Å²) < 4.78 is 6.68. The first kappa shape index (κ1) is 15.4. The van der Waals surface area contributed by atoms with Crippen LogP contribution in [-0.2, 0) is 0 Å². The maximum Gasteiger partial charge on any atom is 0.255 e. The van der Waals surface area contributed by atoms with Gasteiger partial charge in [0.15, 0.2) is 0 Å². The normalized spacial score (nSPS) is 10.1. The number of anilines is 1. The molecule has 0 unspecified atom stereocenters. The molecule has 0 atom stereocenters. The SMILES string of the molecule is O=C(Nc1cccc(Oc2cnccn2)c1)c1ccc(I)cc1. The highest BCUT2D eigenvalue weighted by Crippen LogP contribution is 2.22. The molecule has 1 N–H and O–H groups in total. The summed E-state index contributed by atoms with van der Waals surface area (Å²) in [5.41, 5.74) is 1.25. The molecule has 0 aliphatic heterocycles. The van der Waals surface area contributed by atoms with Crippen molar-refractivity contribution in [2.75, 3.05) is 5.32 Å². The van der Waals surface area contributed by atoms with Crippen LogP contribution in [0.2, 0.25) is 0 Å². The molecular weight excluding hydrogens is 405 g/mol. The van der Waals surface area contributed by atoms with Crippen LogP contribution in [0.4, 0.5) is 5.69 Å². The van der Waals surface area contributed by atoms with E-state index in [1.807, 2.05) is 12.1 Å². The van der Waals surface area contributed by atoms with E-state index < -0.39 is 0 Å².